The van der Waals surface area contributed by atoms with E-state index in [1.165, 1.54) is 0 Å². The van der Waals surface area contributed by atoms with E-state index in [-0.39, 0.29) is 0 Å². The first-order valence-corrected chi connectivity index (χ1v) is 5.68. The van der Waals surface area contributed by atoms with E-state index >= 15 is 0 Å². The van der Waals surface area contributed by atoms with Gasteiger partial charge in [0, 0.05) is 11.8 Å². The number of nitrogens with zero attached hydrogens (tertiary/aromatic N) is 1. The Balaban J connectivity index is 2.06. The predicted octanol–water partition coefficient (Wildman–Crippen LogP) is 2.63. The Morgan fingerprint density at radius 1 is 1.47 bits per heavy atom. The third kappa shape index (κ3) is 2.46. The summed E-state index contributed by atoms with van der Waals surface area (Å²) < 4.78 is 5.35. The van der Waals surface area contributed by atoms with E-state index in [1.54, 1.807) is 17.4 Å². The van der Waals surface area contributed by atoms with Crippen LogP contribution in [0.2, 0.25) is 0 Å². The van der Waals surface area contributed by atoms with Gasteiger partial charge >= 0.3 is 0 Å². The predicted molar refractivity (Wildman–Crippen MR) is 59.0 cm³/mol. The largest absolute Gasteiger partial charge is 0.464 e. The molecule has 2 aromatic rings. The van der Waals surface area contributed by atoms with Gasteiger partial charge in [-0.15, -0.1) is 11.3 Å². The molecule has 0 aliphatic heterocycles. The first kappa shape index (κ1) is 10.4. The van der Waals surface area contributed by atoms with Crippen molar-refractivity contribution in [3.05, 3.63) is 39.7 Å². The van der Waals surface area contributed by atoms with Crippen LogP contribution < -0.4 is 0 Å². The number of hydrogen-bond acceptors (Lipinski definition) is 4. The second-order valence-corrected chi connectivity index (χ2v) is 4.59. The zero-order valence-corrected chi connectivity index (χ0v) is 9.54. The number of aromatic nitrogens is 1. The second kappa shape index (κ2) is 4.16. The molecule has 0 fully saturated rings. The Labute approximate surface area is 92.4 Å². The molecule has 0 aromatic carbocycles. The summed E-state index contributed by atoms with van der Waals surface area (Å²) in [5.74, 6) is 1.43. The summed E-state index contributed by atoms with van der Waals surface area (Å²) >= 11 is 1.59. The summed E-state index contributed by atoms with van der Waals surface area (Å²) in [6.07, 6.45) is -0.0858. The van der Waals surface area contributed by atoms with E-state index in [0.29, 0.717) is 12.2 Å². The first-order valence-electron chi connectivity index (χ1n) is 4.80. The summed E-state index contributed by atoms with van der Waals surface area (Å²) in [5, 5.41) is 12.9. The number of thiazole rings is 1. The van der Waals surface area contributed by atoms with Crippen LogP contribution in [0.1, 0.15) is 28.3 Å². The molecule has 3 nitrogen and oxygen atoms in total. The van der Waals surface area contributed by atoms with Crippen molar-refractivity contribution in [3.8, 4) is 0 Å². The van der Waals surface area contributed by atoms with Gasteiger partial charge in [0.2, 0.25) is 0 Å². The number of furan rings is 1. The van der Waals surface area contributed by atoms with Crippen LogP contribution in [-0.2, 0) is 6.42 Å². The molecule has 0 bridgehead atoms. The van der Waals surface area contributed by atoms with Crippen molar-refractivity contribution in [2.75, 3.05) is 0 Å². The molecule has 15 heavy (non-hydrogen) atoms. The van der Waals surface area contributed by atoms with Gasteiger partial charge in [-0.2, -0.15) is 0 Å². The second-order valence-electron chi connectivity index (χ2n) is 3.53. The van der Waals surface area contributed by atoms with Crippen molar-refractivity contribution in [2.45, 2.75) is 26.4 Å². The quantitative estimate of drug-likeness (QED) is 0.870. The lowest BCUT2D eigenvalue weighted by Gasteiger charge is -2.04. The molecule has 0 spiro atoms. The minimum atomic E-state index is -0.597. The van der Waals surface area contributed by atoms with E-state index in [1.807, 2.05) is 25.3 Å². The maximum Gasteiger partial charge on any atom is 0.133 e. The smallest absolute Gasteiger partial charge is 0.133 e. The van der Waals surface area contributed by atoms with Gasteiger partial charge in [0.25, 0.3) is 0 Å². The zero-order chi connectivity index (χ0) is 10.8. The van der Waals surface area contributed by atoms with Crippen LogP contribution in [0.3, 0.4) is 0 Å². The number of rotatable bonds is 3. The highest BCUT2D eigenvalue weighted by Crippen LogP contribution is 2.21. The molecule has 0 radical (unpaired) electrons. The Kier molecular flexibility index (Phi) is 2.88. The van der Waals surface area contributed by atoms with Gasteiger partial charge < -0.3 is 9.52 Å². The Morgan fingerprint density at radius 3 is 2.80 bits per heavy atom. The van der Waals surface area contributed by atoms with Crippen molar-refractivity contribution in [1.82, 2.24) is 4.98 Å². The van der Waals surface area contributed by atoms with Gasteiger partial charge in [-0.05, 0) is 26.0 Å². The molecule has 2 rings (SSSR count). The van der Waals surface area contributed by atoms with Crippen LogP contribution in [0, 0.1) is 13.8 Å². The number of hydrogen-bond donors (Lipinski definition) is 1. The summed E-state index contributed by atoms with van der Waals surface area (Å²) in [4.78, 5) is 4.30. The zero-order valence-electron chi connectivity index (χ0n) is 8.73. The van der Waals surface area contributed by atoms with Crippen LogP contribution in [0.4, 0.5) is 0 Å². The van der Waals surface area contributed by atoms with Crippen molar-refractivity contribution >= 4 is 11.3 Å². The van der Waals surface area contributed by atoms with Gasteiger partial charge in [0.15, 0.2) is 0 Å². The highest BCUT2D eigenvalue weighted by atomic mass is 32.1. The Morgan fingerprint density at radius 2 is 2.27 bits per heavy atom. The minimum absolute atomic E-state index is 0.511. The average Bonchev–Trinajstić information content (AvgIpc) is 2.75. The molecule has 0 amide bonds. The maximum absolute atomic E-state index is 9.87. The third-order valence-electron chi connectivity index (χ3n) is 2.16. The van der Waals surface area contributed by atoms with Crippen molar-refractivity contribution < 1.29 is 9.52 Å². The lowest BCUT2D eigenvalue weighted by molar-refractivity contribution is 0.148. The Hall–Kier alpha value is -1.13. The molecular formula is C11H13NO2S. The van der Waals surface area contributed by atoms with E-state index in [9.17, 15) is 5.11 Å². The molecule has 80 valence electrons. The maximum atomic E-state index is 9.87. The number of aliphatic hydroxyl groups excluding tert-OH is 1. The van der Waals surface area contributed by atoms with Crippen LogP contribution in [-0.4, -0.2) is 10.1 Å². The van der Waals surface area contributed by atoms with Crippen LogP contribution in [0.5, 0.6) is 0 Å². The van der Waals surface area contributed by atoms with E-state index in [0.717, 1.165) is 16.5 Å². The molecule has 0 aliphatic rings. The fourth-order valence-electron chi connectivity index (χ4n) is 1.43. The van der Waals surface area contributed by atoms with Crippen molar-refractivity contribution in [2.24, 2.45) is 0 Å². The summed E-state index contributed by atoms with van der Waals surface area (Å²) in [6, 6.07) is 3.66. The van der Waals surface area contributed by atoms with E-state index in [2.05, 4.69) is 4.98 Å². The summed E-state index contributed by atoms with van der Waals surface area (Å²) in [7, 11) is 0. The third-order valence-corrected chi connectivity index (χ3v) is 2.98. The number of aryl methyl sites for hydroxylation is 2. The van der Waals surface area contributed by atoms with Gasteiger partial charge in [-0.25, -0.2) is 4.98 Å². The molecule has 0 aliphatic carbocycles. The lowest BCUT2D eigenvalue weighted by atomic mass is 10.2. The monoisotopic (exact) mass is 223 g/mol. The average molecular weight is 223 g/mol. The first-order chi connectivity index (χ1) is 7.15. The summed E-state index contributed by atoms with van der Waals surface area (Å²) in [5.41, 5.74) is 0.916. The molecule has 1 atom stereocenters. The van der Waals surface area contributed by atoms with Gasteiger partial charge in [-0.3, -0.25) is 0 Å². The molecule has 0 saturated heterocycles. The molecule has 0 saturated carbocycles. The van der Waals surface area contributed by atoms with Crippen molar-refractivity contribution in [3.63, 3.8) is 0 Å². The minimum Gasteiger partial charge on any atom is -0.464 e. The van der Waals surface area contributed by atoms with Gasteiger partial charge in [-0.1, -0.05) is 0 Å². The normalized spacial score (nSPS) is 13.0. The molecule has 2 aromatic heterocycles. The van der Waals surface area contributed by atoms with E-state index in [4.69, 9.17) is 4.42 Å². The fraction of sp³-hybridized carbons (Fsp3) is 0.364. The van der Waals surface area contributed by atoms with Crippen LogP contribution in [0.15, 0.2) is 21.9 Å². The highest BCUT2D eigenvalue weighted by molar-refractivity contribution is 7.09. The molecule has 1 N–H and O–H groups in total. The standard InChI is InChI=1S/C11H13NO2S/c1-7-3-4-11(14-7)10(13)5-9-6-15-8(2)12-9/h3-4,6,10,13H,5H2,1-2H3. The SMILES string of the molecule is Cc1ccc(C(O)Cc2csc(C)n2)o1. The van der Waals surface area contributed by atoms with Gasteiger partial charge in [0.05, 0.1) is 10.7 Å². The van der Waals surface area contributed by atoms with Crippen LogP contribution in [0.25, 0.3) is 0 Å². The fourth-order valence-corrected chi connectivity index (χ4v) is 2.06. The molecule has 4 heteroatoms. The summed E-state index contributed by atoms with van der Waals surface area (Å²) in [6.45, 7) is 3.82. The topological polar surface area (TPSA) is 46.3 Å². The van der Waals surface area contributed by atoms with E-state index < -0.39 is 6.10 Å². The molecule has 2 heterocycles. The van der Waals surface area contributed by atoms with Crippen LogP contribution >= 0.6 is 11.3 Å². The van der Waals surface area contributed by atoms with Gasteiger partial charge in [0.1, 0.15) is 17.6 Å². The highest BCUT2D eigenvalue weighted by Gasteiger charge is 2.13. The molecular weight excluding hydrogens is 210 g/mol. The Bertz CT molecular complexity index is 447. The number of aliphatic hydroxyl groups is 1. The lowest BCUT2D eigenvalue weighted by Crippen LogP contribution is -2.00. The van der Waals surface area contributed by atoms with Crippen molar-refractivity contribution in [1.29, 1.82) is 0 Å². The molecule has 1 unspecified atom stereocenters.